The second-order valence-corrected chi connectivity index (χ2v) is 5.63. The number of benzene rings is 2. The molecule has 0 spiro atoms. The summed E-state index contributed by atoms with van der Waals surface area (Å²) in [5.74, 6) is -0.247. The van der Waals surface area contributed by atoms with Crippen molar-refractivity contribution in [3.05, 3.63) is 65.6 Å². The van der Waals surface area contributed by atoms with Crippen LogP contribution in [0.2, 0.25) is 0 Å². The first kappa shape index (κ1) is 13.5. The highest BCUT2D eigenvalue weighted by atomic mass is 32.1. The minimum Gasteiger partial charge on any atom is -0.241 e. The molecule has 0 atom stereocenters. The molecule has 0 saturated carbocycles. The zero-order valence-electron chi connectivity index (χ0n) is 11.3. The number of hydrogen-bond acceptors (Lipinski definition) is 3. The first-order chi connectivity index (χ1) is 10.2. The highest BCUT2D eigenvalue weighted by Gasteiger charge is 2.11. The maximum atomic E-state index is 13.0. The van der Waals surface area contributed by atoms with Gasteiger partial charge in [-0.1, -0.05) is 24.3 Å². The van der Waals surface area contributed by atoms with Crippen molar-refractivity contribution in [3.8, 4) is 27.1 Å². The van der Waals surface area contributed by atoms with Crippen LogP contribution < -0.4 is 0 Å². The van der Waals surface area contributed by atoms with Crippen LogP contribution in [-0.2, 0) is 0 Å². The highest BCUT2D eigenvalue weighted by Crippen LogP contribution is 2.35. The number of aryl methyl sites for hydroxylation is 1. The van der Waals surface area contributed by atoms with Gasteiger partial charge in [0.25, 0.3) is 0 Å². The SMILES string of the molecule is Cc1nc(-c2cccc(C#N)c2)sc1-c1ccc(F)cc1. The first-order valence-corrected chi connectivity index (χ1v) is 7.23. The summed E-state index contributed by atoms with van der Waals surface area (Å²) < 4.78 is 13.0. The van der Waals surface area contributed by atoms with Crippen LogP contribution in [0.25, 0.3) is 21.0 Å². The van der Waals surface area contributed by atoms with E-state index in [-0.39, 0.29) is 5.82 Å². The van der Waals surface area contributed by atoms with Gasteiger partial charge < -0.3 is 0 Å². The van der Waals surface area contributed by atoms with E-state index in [0.29, 0.717) is 5.56 Å². The lowest BCUT2D eigenvalue weighted by Crippen LogP contribution is -1.80. The summed E-state index contributed by atoms with van der Waals surface area (Å²) in [6, 6.07) is 15.9. The number of halogens is 1. The predicted molar refractivity (Wildman–Crippen MR) is 82.4 cm³/mol. The van der Waals surface area contributed by atoms with E-state index >= 15 is 0 Å². The average Bonchev–Trinajstić information content (AvgIpc) is 2.90. The Morgan fingerprint density at radius 1 is 1.10 bits per heavy atom. The second-order valence-electron chi connectivity index (χ2n) is 4.63. The summed E-state index contributed by atoms with van der Waals surface area (Å²) >= 11 is 1.55. The van der Waals surface area contributed by atoms with Crippen LogP contribution in [-0.4, -0.2) is 4.98 Å². The summed E-state index contributed by atoms with van der Waals surface area (Å²) in [5.41, 5.74) is 3.40. The van der Waals surface area contributed by atoms with Crippen molar-refractivity contribution in [2.24, 2.45) is 0 Å². The van der Waals surface area contributed by atoms with Crippen molar-refractivity contribution in [1.82, 2.24) is 4.98 Å². The Bertz CT molecular complexity index is 829. The van der Waals surface area contributed by atoms with Crippen molar-refractivity contribution in [2.45, 2.75) is 6.92 Å². The minimum atomic E-state index is -0.247. The summed E-state index contributed by atoms with van der Waals surface area (Å²) in [6.45, 7) is 1.94. The molecular weight excluding hydrogens is 283 g/mol. The van der Waals surface area contributed by atoms with Gasteiger partial charge in [-0.05, 0) is 36.8 Å². The molecule has 0 aliphatic rings. The number of thiazole rings is 1. The Morgan fingerprint density at radius 3 is 2.57 bits per heavy atom. The average molecular weight is 294 g/mol. The highest BCUT2D eigenvalue weighted by molar-refractivity contribution is 7.18. The lowest BCUT2D eigenvalue weighted by Gasteiger charge is -1.98. The fourth-order valence-electron chi connectivity index (χ4n) is 2.11. The molecule has 0 amide bonds. The standard InChI is InChI=1S/C17H11FN2S/c1-11-16(13-5-7-15(18)8-6-13)21-17(20-11)14-4-2-3-12(9-14)10-19/h2-9H,1H3. The quantitative estimate of drug-likeness (QED) is 0.681. The van der Waals surface area contributed by atoms with Crippen molar-refractivity contribution >= 4 is 11.3 Å². The summed E-state index contributed by atoms with van der Waals surface area (Å²) in [5, 5.41) is 9.83. The molecule has 0 unspecified atom stereocenters. The molecule has 0 radical (unpaired) electrons. The third-order valence-electron chi connectivity index (χ3n) is 3.14. The van der Waals surface area contributed by atoms with Gasteiger partial charge in [0.05, 0.1) is 22.2 Å². The van der Waals surface area contributed by atoms with Gasteiger partial charge in [0.1, 0.15) is 10.8 Å². The largest absolute Gasteiger partial charge is 0.241 e. The van der Waals surface area contributed by atoms with Gasteiger partial charge in [-0.25, -0.2) is 9.37 Å². The van der Waals surface area contributed by atoms with Crippen LogP contribution in [0.5, 0.6) is 0 Å². The van der Waals surface area contributed by atoms with E-state index in [9.17, 15) is 4.39 Å². The van der Waals surface area contributed by atoms with E-state index in [1.807, 2.05) is 25.1 Å². The number of rotatable bonds is 2. The van der Waals surface area contributed by atoms with E-state index in [1.54, 1.807) is 29.5 Å². The number of nitrogens with zero attached hydrogens (tertiary/aromatic N) is 2. The summed E-state index contributed by atoms with van der Waals surface area (Å²) in [6.07, 6.45) is 0. The van der Waals surface area contributed by atoms with Crippen molar-refractivity contribution < 1.29 is 4.39 Å². The summed E-state index contributed by atoms with van der Waals surface area (Å²) in [7, 11) is 0. The van der Waals surface area contributed by atoms with Crippen molar-refractivity contribution in [1.29, 1.82) is 5.26 Å². The molecule has 4 heteroatoms. The molecule has 1 aromatic heterocycles. The van der Waals surface area contributed by atoms with Crippen molar-refractivity contribution in [2.75, 3.05) is 0 Å². The molecule has 2 aromatic carbocycles. The van der Waals surface area contributed by atoms with Gasteiger partial charge in [0.2, 0.25) is 0 Å². The van der Waals surface area contributed by atoms with Gasteiger partial charge in [-0.2, -0.15) is 5.26 Å². The predicted octanol–water partition coefficient (Wildman–Crippen LogP) is 4.80. The van der Waals surface area contributed by atoms with Crippen LogP contribution >= 0.6 is 11.3 Å². The van der Waals surface area contributed by atoms with E-state index in [4.69, 9.17) is 5.26 Å². The van der Waals surface area contributed by atoms with Gasteiger partial charge >= 0.3 is 0 Å². The fourth-order valence-corrected chi connectivity index (χ4v) is 3.18. The molecule has 1 heterocycles. The molecule has 102 valence electrons. The molecule has 3 rings (SSSR count). The number of hydrogen-bond donors (Lipinski definition) is 0. The van der Waals surface area contributed by atoms with Crippen LogP contribution in [0.1, 0.15) is 11.3 Å². The monoisotopic (exact) mass is 294 g/mol. The zero-order valence-corrected chi connectivity index (χ0v) is 12.1. The van der Waals surface area contributed by atoms with Gasteiger partial charge in [-0.3, -0.25) is 0 Å². The minimum absolute atomic E-state index is 0.247. The van der Waals surface area contributed by atoms with E-state index < -0.39 is 0 Å². The van der Waals surface area contributed by atoms with E-state index in [1.165, 1.54) is 12.1 Å². The second kappa shape index (κ2) is 5.47. The first-order valence-electron chi connectivity index (χ1n) is 6.41. The Hall–Kier alpha value is -2.51. The van der Waals surface area contributed by atoms with Crippen LogP contribution in [0, 0.1) is 24.1 Å². The zero-order chi connectivity index (χ0) is 14.8. The molecule has 2 nitrogen and oxygen atoms in total. The van der Waals surface area contributed by atoms with E-state index in [0.717, 1.165) is 26.7 Å². The maximum Gasteiger partial charge on any atom is 0.124 e. The normalized spacial score (nSPS) is 10.3. The third kappa shape index (κ3) is 2.69. The Kier molecular flexibility index (Phi) is 3.51. The molecule has 0 aliphatic carbocycles. The molecule has 21 heavy (non-hydrogen) atoms. The Balaban J connectivity index is 2.05. The van der Waals surface area contributed by atoms with Crippen LogP contribution in [0.4, 0.5) is 4.39 Å². The smallest absolute Gasteiger partial charge is 0.124 e. The number of aromatic nitrogens is 1. The van der Waals surface area contributed by atoms with Crippen molar-refractivity contribution in [3.63, 3.8) is 0 Å². The molecule has 3 aromatic rings. The maximum absolute atomic E-state index is 13.0. The molecule has 0 saturated heterocycles. The topological polar surface area (TPSA) is 36.7 Å². The van der Waals surface area contributed by atoms with Crippen LogP contribution in [0.15, 0.2) is 48.5 Å². The lowest BCUT2D eigenvalue weighted by molar-refractivity contribution is 0.628. The molecule has 0 aliphatic heterocycles. The van der Waals surface area contributed by atoms with Gasteiger partial charge in [0, 0.05) is 5.56 Å². The lowest BCUT2D eigenvalue weighted by atomic mass is 10.1. The number of nitriles is 1. The summed E-state index contributed by atoms with van der Waals surface area (Å²) in [4.78, 5) is 5.59. The molecule has 0 fully saturated rings. The third-order valence-corrected chi connectivity index (χ3v) is 4.40. The van der Waals surface area contributed by atoms with Gasteiger partial charge in [0.15, 0.2) is 0 Å². The van der Waals surface area contributed by atoms with Gasteiger partial charge in [-0.15, -0.1) is 11.3 Å². The molecule has 0 bridgehead atoms. The van der Waals surface area contributed by atoms with E-state index in [2.05, 4.69) is 11.1 Å². The fraction of sp³-hybridized carbons (Fsp3) is 0.0588. The van der Waals surface area contributed by atoms with Crippen LogP contribution in [0.3, 0.4) is 0 Å². The Labute approximate surface area is 126 Å². The molecular formula is C17H11FN2S. The molecule has 0 N–H and O–H groups in total. The Morgan fingerprint density at radius 2 is 1.86 bits per heavy atom.